The lowest BCUT2D eigenvalue weighted by Crippen LogP contribution is -2.09. The number of carboxylic acids is 1. The van der Waals surface area contributed by atoms with E-state index in [-0.39, 0.29) is 5.78 Å². The van der Waals surface area contributed by atoms with Crippen LogP contribution in [0.3, 0.4) is 0 Å². The highest BCUT2D eigenvalue weighted by molar-refractivity contribution is 6.08. The molecule has 2 aromatic carbocycles. The number of Topliss-reactive ketones (excluding diaryl/α,β-unsaturated/α-hetero) is 1. The Morgan fingerprint density at radius 2 is 1.78 bits per heavy atom. The zero-order chi connectivity index (χ0) is 13.1. The van der Waals surface area contributed by atoms with Gasteiger partial charge >= 0.3 is 5.97 Å². The molecule has 0 aliphatic rings. The Kier molecular flexibility index (Phi) is 3.28. The van der Waals surface area contributed by atoms with Gasteiger partial charge in [-0.2, -0.15) is 0 Å². The molecule has 0 saturated carbocycles. The molecule has 0 aromatic heterocycles. The van der Waals surface area contributed by atoms with Gasteiger partial charge in [0, 0.05) is 10.9 Å². The van der Waals surface area contributed by atoms with E-state index in [9.17, 15) is 9.59 Å². The number of hydrogen-bond donors (Lipinski definition) is 1. The summed E-state index contributed by atoms with van der Waals surface area (Å²) < 4.78 is 5.20. The maximum Gasteiger partial charge on any atom is 0.341 e. The summed E-state index contributed by atoms with van der Waals surface area (Å²) in [6, 6.07) is 10.6. The Morgan fingerprint density at radius 3 is 2.39 bits per heavy atom. The van der Waals surface area contributed by atoms with Crippen LogP contribution in [-0.2, 0) is 4.79 Å². The predicted octanol–water partition coefficient (Wildman–Crippen LogP) is 2.51. The largest absolute Gasteiger partial charge is 0.481 e. The van der Waals surface area contributed by atoms with Crippen molar-refractivity contribution in [2.45, 2.75) is 6.92 Å². The van der Waals surface area contributed by atoms with Crippen LogP contribution < -0.4 is 4.74 Å². The fourth-order valence-electron chi connectivity index (χ4n) is 1.84. The van der Waals surface area contributed by atoms with Gasteiger partial charge in [0.15, 0.2) is 12.4 Å². The van der Waals surface area contributed by atoms with Crippen LogP contribution >= 0.6 is 0 Å². The predicted molar refractivity (Wildman–Crippen MR) is 67.1 cm³/mol. The quantitative estimate of drug-likeness (QED) is 0.839. The van der Waals surface area contributed by atoms with Gasteiger partial charge in [0.25, 0.3) is 0 Å². The summed E-state index contributed by atoms with van der Waals surface area (Å²) in [6.07, 6.45) is 0. The maximum absolute atomic E-state index is 11.5. The number of hydrogen-bond acceptors (Lipinski definition) is 3. The number of rotatable bonds is 4. The molecule has 4 nitrogen and oxygen atoms in total. The molecule has 0 aliphatic heterocycles. The molecule has 0 bridgehead atoms. The van der Waals surface area contributed by atoms with E-state index < -0.39 is 12.6 Å². The molecule has 0 heterocycles. The number of benzene rings is 2. The van der Waals surface area contributed by atoms with Crippen molar-refractivity contribution in [3.05, 3.63) is 42.0 Å². The van der Waals surface area contributed by atoms with E-state index in [4.69, 9.17) is 9.84 Å². The minimum absolute atomic E-state index is 0.0315. The van der Waals surface area contributed by atoms with Gasteiger partial charge < -0.3 is 9.84 Å². The molecule has 0 saturated heterocycles. The third kappa shape index (κ3) is 2.32. The average Bonchev–Trinajstić information content (AvgIpc) is 2.35. The number of carbonyl (C=O) groups excluding carboxylic acids is 1. The zero-order valence-corrected chi connectivity index (χ0v) is 9.84. The van der Waals surface area contributed by atoms with Gasteiger partial charge in [0.1, 0.15) is 5.75 Å². The molecule has 0 atom stereocenters. The lowest BCUT2D eigenvalue weighted by Gasteiger charge is -2.09. The van der Waals surface area contributed by atoms with Crippen LogP contribution in [0.4, 0.5) is 0 Å². The van der Waals surface area contributed by atoms with E-state index in [1.54, 1.807) is 18.2 Å². The summed E-state index contributed by atoms with van der Waals surface area (Å²) in [6.45, 7) is 1.10. The minimum Gasteiger partial charge on any atom is -0.481 e. The van der Waals surface area contributed by atoms with Crippen molar-refractivity contribution in [2.24, 2.45) is 0 Å². The molecule has 2 rings (SSSR count). The van der Waals surface area contributed by atoms with Gasteiger partial charge in [-0.3, -0.25) is 4.79 Å². The highest BCUT2D eigenvalue weighted by Gasteiger charge is 2.10. The van der Waals surface area contributed by atoms with Crippen molar-refractivity contribution in [3.63, 3.8) is 0 Å². The monoisotopic (exact) mass is 244 g/mol. The van der Waals surface area contributed by atoms with Crippen molar-refractivity contribution >= 4 is 22.5 Å². The first kappa shape index (κ1) is 12.1. The fraction of sp³-hybridized carbons (Fsp3) is 0.143. The fourth-order valence-corrected chi connectivity index (χ4v) is 1.84. The molecule has 0 radical (unpaired) electrons. The second-order valence-electron chi connectivity index (χ2n) is 3.90. The maximum atomic E-state index is 11.5. The second-order valence-corrected chi connectivity index (χ2v) is 3.90. The molecule has 2 aromatic rings. The van der Waals surface area contributed by atoms with Gasteiger partial charge in [-0.15, -0.1) is 0 Å². The summed E-state index contributed by atoms with van der Waals surface area (Å²) in [4.78, 5) is 22.0. The second kappa shape index (κ2) is 4.87. The minimum atomic E-state index is -1.03. The summed E-state index contributed by atoms with van der Waals surface area (Å²) in [5.74, 6) is -0.594. The van der Waals surface area contributed by atoms with Gasteiger partial charge in [0.2, 0.25) is 0 Å². The molecule has 0 spiro atoms. The van der Waals surface area contributed by atoms with Crippen molar-refractivity contribution in [1.29, 1.82) is 0 Å². The van der Waals surface area contributed by atoms with Gasteiger partial charge in [0.05, 0.1) is 0 Å². The van der Waals surface area contributed by atoms with Crippen LogP contribution in [0.2, 0.25) is 0 Å². The number of aliphatic carboxylic acids is 1. The first-order valence-electron chi connectivity index (χ1n) is 5.47. The molecule has 0 amide bonds. The Labute approximate surface area is 104 Å². The van der Waals surface area contributed by atoms with Crippen LogP contribution in [0.15, 0.2) is 36.4 Å². The van der Waals surface area contributed by atoms with Crippen LogP contribution in [0.5, 0.6) is 5.75 Å². The molecule has 0 fully saturated rings. The van der Waals surface area contributed by atoms with Crippen molar-refractivity contribution in [1.82, 2.24) is 0 Å². The van der Waals surface area contributed by atoms with Gasteiger partial charge in [-0.25, -0.2) is 4.79 Å². The van der Waals surface area contributed by atoms with Crippen LogP contribution in [0.25, 0.3) is 10.8 Å². The van der Waals surface area contributed by atoms with E-state index in [0.29, 0.717) is 11.3 Å². The van der Waals surface area contributed by atoms with Crippen molar-refractivity contribution in [3.8, 4) is 5.75 Å². The van der Waals surface area contributed by atoms with Crippen LogP contribution in [0, 0.1) is 0 Å². The average molecular weight is 244 g/mol. The molecule has 18 heavy (non-hydrogen) atoms. The normalized spacial score (nSPS) is 10.3. The van der Waals surface area contributed by atoms with E-state index in [1.807, 2.05) is 18.2 Å². The number of ketones is 1. The van der Waals surface area contributed by atoms with Crippen molar-refractivity contribution in [2.75, 3.05) is 6.61 Å². The molecular weight excluding hydrogens is 232 g/mol. The molecule has 0 unspecified atom stereocenters. The Balaban J connectivity index is 2.53. The first-order chi connectivity index (χ1) is 8.59. The molecular formula is C14H12O4. The summed E-state index contributed by atoms with van der Waals surface area (Å²) in [5.41, 5.74) is 0.605. The molecule has 1 N–H and O–H groups in total. The highest BCUT2D eigenvalue weighted by atomic mass is 16.5. The summed E-state index contributed by atoms with van der Waals surface area (Å²) >= 11 is 0. The van der Waals surface area contributed by atoms with E-state index in [1.165, 1.54) is 6.92 Å². The topological polar surface area (TPSA) is 63.6 Å². The van der Waals surface area contributed by atoms with Crippen LogP contribution in [-0.4, -0.2) is 23.5 Å². The van der Waals surface area contributed by atoms with Crippen molar-refractivity contribution < 1.29 is 19.4 Å². The Hall–Kier alpha value is -2.36. The third-order valence-electron chi connectivity index (χ3n) is 2.61. The van der Waals surface area contributed by atoms with Crippen LogP contribution in [0.1, 0.15) is 17.3 Å². The molecule has 4 heteroatoms. The number of fused-ring (bicyclic) bond motifs is 1. The molecule has 0 aliphatic carbocycles. The highest BCUT2D eigenvalue weighted by Crippen LogP contribution is 2.28. The Bertz CT molecular complexity index is 616. The third-order valence-corrected chi connectivity index (χ3v) is 2.61. The van der Waals surface area contributed by atoms with Gasteiger partial charge in [-0.1, -0.05) is 24.3 Å². The zero-order valence-electron chi connectivity index (χ0n) is 9.84. The van der Waals surface area contributed by atoms with E-state index in [0.717, 1.165) is 10.8 Å². The molecule has 92 valence electrons. The number of carboxylic acid groups (broad SMARTS) is 1. The lowest BCUT2D eigenvalue weighted by atomic mass is 10.0. The lowest BCUT2D eigenvalue weighted by molar-refractivity contribution is -0.139. The summed E-state index contributed by atoms with van der Waals surface area (Å²) in [5, 5.41) is 10.1. The first-order valence-corrected chi connectivity index (χ1v) is 5.47. The summed E-state index contributed by atoms with van der Waals surface area (Å²) in [7, 11) is 0. The van der Waals surface area contributed by atoms with E-state index in [2.05, 4.69) is 0 Å². The standard InChI is InChI=1S/C14H12O4/c1-9(15)10-6-7-13(18-8-14(16)17)12-5-3-2-4-11(10)12/h2-7H,8H2,1H3,(H,16,17). The van der Waals surface area contributed by atoms with Gasteiger partial charge in [-0.05, 0) is 24.4 Å². The smallest absolute Gasteiger partial charge is 0.341 e. The number of carbonyl (C=O) groups is 2. The van der Waals surface area contributed by atoms with E-state index >= 15 is 0 Å². The number of ether oxygens (including phenoxy) is 1. The SMILES string of the molecule is CC(=O)c1ccc(OCC(=O)O)c2ccccc12. The Morgan fingerprint density at radius 1 is 1.11 bits per heavy atom.